The third kappa shape index (κ3) is 8.50. The van der Waals surface area contributed by atoms with Crippen LogP contribution in [0, 0.1) is 11.8 Å². The molecule has 0 rings (SSSR count). The van der Waals surface area contributed by atoms with Crippen LogP contribution in [-0.4, -0.2) is 36.8 Å². The van der Waals surface area contributed by atoms with Gasteiger partial charge < -0.3 is 16.4 Å². The molecule has 0 aromatic rings. The first-order valence-corrected chi connectivity index (χ1v) is 7.93. The molecule has 0 aromatic heterocycles. The molecule has 5 heteroatoms. The summed E-state index contributed by atoms with van der Waals surface area (Å²) in [5.41, 5.74) is 5.83. The van der Waals surface area contributed by atoms with E-state index < -0.39 is 0 Å². The Morgan fingerprint density at radius 2 is 1.95 bits per heavy atom. The van der Waals surface area contributed by atoms with E-state index >= 15 is 0 Å². The van der Waals surface area contributed by atoms with Crippen molar-refractivity contribution in [3.8, 4) is 0 Å². The first-order chi connectivity index (χ1) is 8.92. The van der Waals surface area contributed by atoms with Gasteiger partial charge in [-0.2, -0.15) is 12.6 Å². The summed E-state index contributed by atoms with van der Waals surface area (Å²) in [5.74, 6) is 1.61. The molecule has 1 unspecified atom stereocenters. The van der Waals surface area contributed by atoms with Crippen LogP contribution in [-0.2, 0) is 4.79 Å². The van der Waals surface area contributed by atoms with Crippen molar-refractivity contribution >= 4 is 18.5 Å². The lowest BCUT2D eigenvalue weighted by atomic mass is 9.98. The maximum atomic E-state index is 12.2. The maximum Gasteiger partial charge on any atom is 0.237 e. The molecule has 1 amide bonds. The second-order valence-electron chi connectivity index (χ2n) is 5.69. The number of thiol groups is 1. The zero-order chi connectivity index (χ0) is 14.8. The van der Waals surface area contributed by atoms with E-state index in [0.29, 0.717) is 24.1 Å². The molecule has 3 atom stereocenters. The van der Waals surface area contributed by atoms with Crippen LogP contribution < -0.4 is 16.4 Å². The molecule has 19 heavy (non-hydrogen) atoms. The van der Waals surface area contributed by atoms with Crippen molar-refractivity contribution in [2.75, 3.05) is 18.8 Å². The lowest BCUT2D eigenvalue weighted by molar-refractivity contribution is -0.124. The predicted octanol–water partition coefficient (Wildman–Crippen LogP) is 1.41. The molecular formula is C14H31N3OS. The zero-order valence-corrected chi connectivity index (χ0v) is 13.7. The maximum absolute atomic E-state index is 12.2. The fourth-order valence-corrected chi connectivity index (χ4v) is 1.85. The van der Waals surface area contributed by atoms with Crippen LogP contribution in [0.1, 0.15) is 40.5 Å². The van der Waals surface area contributed by atoms with E-state index in [2.05, 4.69) is 51.0 Å². The van der Waals surface area contributed by atoms with Crippen molar-refractivity contribution < 1.29 is 4.79 Å². The Bertz CT molecular complexity index is 249. The molecule has 0 fully saturated rings. The summed E-state index contributed by atoms with van der Waals surface area (Å²) >= 11 is 4.16. The van der Waals surface area contributed by atoms with Gasteiger partial charge in [-0.15, -0.1) is 0 Å². The van der Waals surface area contributed by atoms with Crippen LogP contribution in [0.2, 0.25) is 0 Å². The molecule has 4 N–H and O–H groups in total. The van der Waals surface area contributed by atoms with Crippen LogP contribution in [0.4, 0.5) is 0 Å². The van der Waals surface area contributed by atoms with E-state index in [0.717, 1.165) is 19.4 Å². The molecule has 0 aromatic carbocycles. The highest BCUT2D eigenvalue weighted by Crippen LogP contribution is 2.08. The van der Waals surface area contributed by atoms with E-state index in [1.54, 1.807) is 0 Å². The third-order valence-corrected chi connectivity index (χ3v) is 3.82. The molecule has 4 nitrogen and oxygen atoms in total. The third-order valence-electron chi connectivity index (χ3n) is 3.35. The summed E-state index contributed by atoms with van der Waals surface area (Å²) < 4.78 is 0. The second kappa shape index (κ2) is 10.5. The van der Waals surface area contributed by atoms with Gasteiger partial charge >= 0.3 is 0 Å². The van der Waals surface area contributed by atoms with Gasteiger partial charge in [-0.1, -0.05) is 34.1 Å². The van der Waals surface area contributed by atoms with E-state index in [-0.39, 0.29) is 18.0 Å². The lowest BCUT2D eigenvalue weighted by Gasteiger charge is -2.25. The Kier molecular flexibility index (Phi) is 10.4. The summed E-state index contributed by atoms with van der Waals surface area (Å²) in [5, 5.41) is 6.28. The van der Waals surface area contributed by atoms with E-state index in [4.69, 9.17) is 5.73 Å². The number of hydrogen-bond donors (Lipinski definition) is 4. The number of rotatable bonds is 10. The van der Waals surface area contributed by atoms with Crippen LogP contribution in [0.25, 0.3) is 0 Å². The second-order valence-corrected chi connectivity index (χ2v) is 6.05. The number of hydrogen-bond acceptors (Lipinski definition) is 4. The standard InChI is InChI=1S/C14H31N3OS/c1-5-11(4)13(17-8-12(15)9-19)14(18)16-7-6-10(2)3/h10-13,17,19H,5-9,15H2,1-4H3,(H,16,18)/t11?,12-,13+/m1/s1. The fourth-order valence-electron chi connectivity index (χ4n) is 1.72. The Balaban J connectivity index is 4.27. The summed E-state index contributed by atoms with van der Waals surface area (Å²) in [6.45, 7) is 9.86. The average Bonchev–Trinajstić information content (AvgIpc) is 2.37. The van der Waals surface area contributed by atoms with Crippen LogP contribution >= 0.6 is 12.6 Å². The van der Waals surface area contributed by atoms with Gasteiger partial charge in [0.25, 0.3) is 0 Å². The van der Waals surface area contributed by atoms with Gasteiger partial charge in [0.2, 0.25) is 5.91 Å². The number of carbonyl (C=O) groups excluding carboxylic acids is 1. The number of amides is 1. The van der Waals surface area contributed by atoms with Gasteiger partial charge in [0.15, 0.2) is 0 Å². The van der Waals surface area contributed by atoms with Crippen LogP contribution in [0.5, 0.6) is 0 Å². The Hall–Kier alpha value is -0.260. The molecule has 0 aliphatic heterocycles. The van der Waals surface area contributed by atoms with Gasteiger partial charge in [0.05, 0.1) is 6.04 Å². The Morgan fingerprint density at radius 1 is 1.32 bits per heavy atom. The van der Waals surface area contributed by atoms with Crippen molar-refractivity contribution in [1.29, 1.82) is 0 Å². The van der Waals surface area contributed by atoms with Crippen molar-refractivity contribution in [1.82, 2.24) is 10.6 Å². The Labute approximate surface area is 123 Å². The first-order valence-electron chi connectivity index (χ1n) is 7.29. The summed E-state index contributed by atoms with van der Waals surface area (Å²) in [6, 6.07) is -0.179. The highest BCUT2D eigenvalue weighted by molar-refractivity contribution is 7.80. The highest BCUT2D eigenvalue weighted by Gasteiger charge is 2.23. The lowest BCUT2D eigenvalue weighted by Crippen LogP contribution is -2.51. The van der Waals surface area contributed by atoms with Crippen molar-refractivity contribution in [2.45, 2.75) is 52.6 Å². The molecule has 0 saturated carbocycles. The highest BCUT2D eigenvalue weighted by atomic mass is 32.1. The van der Waals surface area contributed by atoms with Gasteiger partial charge in [0, 0.05) is 24.9 Å². The molecule has 0 heterocycles. The largest absolute Gasteiger partial charge is 0.355 e. The van der Waals surface area contributed by atoms with Crippen molar-refractivity contribution in [3.05, 3.63) is 0 Å². The van der Waals surface area contributed by atoms with Crippen molar-refractivity contribution in [2.24, 2.45) is 17.6 Å². The quantitative estimate of drug-likeness (QED) is 0.460. The minimum Gasteiger partial charge on any atom is -0.355 e. The SMILES string of the molecule is CCC(C)[C@H](NC[C@@H](N)CS)C(=O)NCCC(C)C. The normalized spacial score (nSPS) is 16.2. The van der Waals surface area contributed by atoms with Crippen LogP contribution in [0.3, 0.4) is 0 Å². The minimum atomic E-state index is -0.164. The monoisotopic (exact) mass is 289 g/mol. The van der Waals surface area contributed by atoms with Gasteiger partial charge in [0.1, 0.15) is 0 Å². The number of nitrogens with one attached hydrogen (secondary N) is 2. The van der Waals surface area contributed by atoms with E-state index in [1.807, 2.05) is 0 Å². The number of nitrogens with two attached hydrogens (primary N) is 1. The van der Waals surface area contributed by atoms with Crippen LogP contribution in [0.15, 0.2) is 0 Å². The summed E-state index contributed by atoms with van der Waals surface area (Å²) in [4.78, 5) is 12.2. The first kappa shape index (κ1) is 18.7. The van der Waals surface area contributed by atoms with Gasteiger partial charge in [-0.25, -0.2) is 0 Å². The topological polar surface area (TPSA) is 67.1 Å². The predicted molar refractivity (Wildman–Crippen MR) is 85.5 cm³/mol. The summed E-state index contributed by atoms with van der Waals surface area (Å²) in [6.07, 6.45) is 1.97. The smallest absolute Gasteiger partial charge is 0.237 e. The molecule has 0 spiro atoms. The fraction of sp³-hybridized carbons (Fsp3) is 0.929. The van der Waals surface area contributed by atoms with E-state index in [1.165, 1.54) is 0 Å². The van der Waals surface area contributed by atoms with Gasteiger partial charge in [-0.3, -0.25) is 4.79 Å². The molecule has 0 aliphatic rings. The minimum absolute atomic E-state index is 0.0154. The molecule has 0 radical (unpaired) electrons. The Morgan fingerprint density at radius 3 is 2.42 bits per heavy atom. The van der Waals surface area contributed by atoms with E-state index in [9.17, 15) is 4.79 Å². The molecular weight excluding hydrogens is 258 g/mol. The summed E-state index contributed by atoms with van der Waals surface area (Å²) in [7, 11) is 0. The van der Waals surface area contributed by atoms with Gasteiger partial charge in [-0.05, 0) is 18.3 Å². The molecule has 114 valence electrons. The number of carbonyl (C=O) groups is 1. The molecule has 0 aliphatic carbocycles. The molecule has 0 bridgehead atoms. The zero-order valence-electron chi connectivity index (χ0n) is 12.8. The van der Waals surface area contributed by atoms with Crippen molar-refractivity contribution in [3.63, 3.8) is 0 Å². The molecule has 0 saturated heterocycles. The average molecular weight is 289 g/mol.